The Bertz CT molecular complexity index is 675. The van der Waals surface area contributed by atoms with E-state index in [2.05, 4.69) is 5.32 Å². The van der Waals surface area contributed by atoms with Crippen molar-refractivity contribution >= 4 is 17.7 Å². The zero-order valence-electron chi connectivity index (χ0n) is 12.5. The van der Waals surface area contributed by atoms with Crippen molar-refractivity contribution in [2.45, 2.75) is 13.8 Å². The predicted molar refractivity (Wildman–Crippen MR) is 86.6 cm³/mol. The maximum absolute atomic E-state index is 12.0. The van der Waals surface area contributed by atoms with Gasteiger partial charge in [0.2, 0.25) is 5.91 Å². The normalized spacial score (nSPS) is 10.6. The molecule has 3 nitrogen and oxygen atoms in total. The Morgan fingerprint density at radius 3 is 2.62 bits per heavy atom. The lowest BCUT2D eigenvalue weighted by Gasteiger charge is -2.08. The molecule has 0 aliphatic carbocycles. The van der Waals surface area contributed by atoms with Crippen LogP contribution in [0.5, 0.6) is 5.75 Å². The molecule has 0 aliphatic heterocycles. The minimum Gasteiger partial charge on any atom is -0.496 e. The van der Waals surface area contributed by atoms with Crippen molar-refractivity contribution in [3.05, 3.63) is 65.2 Å². The van der Waals surface area contributed by atoms with Gasteiger partial charge in [0.1, 0.15) is 5.75 Å². The molecule has 2 rings (SSSR count). The first kappa shape index (κ1) is 14.9. The number of hydrogen-bond acceptors (Lipinski definition) is 2. The second kappa shape index (κ2) is 6.75. The molecule has 108 valence electrons. The molecule has 0 saturated heterocycles. The highest BCUT2D eigenvalue weighted by Crippen LogP contribution is 2.20. The van der Waals surface area contributed by atoms with Crippen molar-refractivity contribution in [3.8, 4) is 5.75 Å². The Morgan fingerprint density at radius 2 is 1.86 bits per heavy atom. The molecule has 0 aliphatic rings. The Labute approximate surface area is 125 Å². The molecular weight excluding hydrogens is 262 g/mol. The number of nitrogens with one attached hydrogen (secondary N) is 1. The van der Waals surface area contributed by atoms with E-state index in [4.69, 9.17) is 4.74 Å². The molecule has 0 bridgehead atoms. The second-order valence-electron chi connectivity index (χ2n) is 4.81. The summed E-state index contributed by atoms with van der Waals surface area (Å²) in [4.78, 5) is 12.0. The van der Waals surface area contributed by atoms with Gasteiger partial charge in [-0.2, -0.15) is 0 Å². The highest BCUT2D eigenvalue weighted by Gasteiger charge is 2.04. The van der Waals surface area contributed by atoms with E-state index in [0.29, 0.717) is 0 Å². The molecule has 21 heavy (non-hydrogen) atoms. The summed E-state index contributed by atoms with van der Waals surface area (Å²) >= 11 is 0. The minimum absolute atomic E-state index is 0.158. The van der Waals surface area contributed by atoms with E-state index in [1.807, 2.05) is 56.3 Å². The standard InChI is InChI=1S/C18H19NO2/c1-13-7-6-9-16(14(13)2)19-18(20)12-11-15-8-4-5-10-17(15)21-3/h4-12H,1-3H3,(H,19,20)/b12-11-. The number of benzene rings is 2. The first-order chi connectivity index (χ1) is 10.1. The topological polar surface area (TPSA) is 38.3 Å². The van der Waals surface area contributed by atoms with Gasteiger partial charge in [0.25, 0.3) is 0 Å². The summed E-state index contributed by atoms with van der Waals surface area (Å²) in [7, 11) is 1.61. The molecule has 2 aromatic rings. The number of ether oxygens (including phenoxy) is 1. The first-order valence-corrected chi connectivity index (χ1v) is 6.80. The largest absolute Gasteiger partial charge is 0.496 e. The summed E-state index contributed by atoms with van der Waals surface area (Å²) in [5.74, 6) is 0.586. The second-order valence-corrected chi connectivity index (χ2v) is 4.81. The third-order valence-corrected chi connectivity index (χ3v) is 3.42. The van der Waals surface area contributed by atoms with Gasteiger partial charge in [0, 0.05) is 17.3 Å². The predicted octanol–water partition coefficient (Wildman–Crippen LogP) is 3.96. The van der Waals surface area contributed by atoms with Gasteiger partial charge >= 0.3 is 0 Å². The van der Waals surface area contributed by atoms with Crippen LogP contribution in [0, 0.1) is 13.8 Å². The number of carbonyl (C=O) groups is 1. The highest BCUT2D eigenvalue weighted by molar-refractivity contribution is 6.02. The summed E-state index contributed by atoms with van der Waals surface area (Å²) in [5.41, 5.74) is 3.94. The Balaban J connectivity index is 2.11. The van der Waals surface area contributed by atoms with Crippen LogP contribution in [0.4, 0.5) is 5.69 Å². The first-order valence-electron chi connectivity index (χ1n) is 6.80. The van der Waals surface area contributed by atoms with Crippen molar-refractivity contribution in [3.63, 3.8) is 0 Å². The van der Waals surface area contributed by atoms with Crippen LogP contribution in [0.3, 0.4) is 0 Å². The third-order valence-electron chi connectivity index (χ3n) is 3.42. The van der Waals surface area contributed by atoms with E-state index >= 15 is 0 Å². The molecule has 1 amide bonds. The number of carbonyl (C=O) groups excluding carboxylic acids is 1. The highest BCUT2D eigenvalue weighted by atomic mass is 16.5. The lowest BCUT2D eigenvalue weighted by molar-refractivity contribution is -0.111. The average molecular weight is 281 g/mol. The van der Waals surface area contributed by atoms with Crippen molar-refractivity contribution in [1.29, 1.82) is 0 Å². The SMILES string of the molecule is COc1ccccc1/C=C\C(=O)Nc1cccc(C)c1C. The Morgan fingerprint density at radius 1 is 1.10 bits per heavy atom. The summed E-state index contributed by atoms with van der Waals surface area (Å²) in [6, 6.07) is 13.4. The van der Waals surface area contributed by atoms with E-state index in [1.165, 1.54) is 6.08 Å². The molecule has 0 fully saturated rings. The van der Waals surface area contributed by atoms with Gasteiger partial charge in [0.15, 0.2) is 0 Å². The summed E-state index contributed by atoms with van der Waals surface area (Å²) in [6.45, 7) is 4.02. The summed E-state index contributed by atoms with van der Waals surface area (Å²) < 4.78 is 5.25. The lowest BCUT2D eigenvalue weighted by atomic mass is 10.1. The molecule has 1 N–H and O–H groups in total. The molecule has 0 radical (unpaired) electrons. The van der Waals surface area contributed by atoms with E-state index in [0.717, 1.165) is 28.1 Å². The number of rotatable bonds is 4. The molecule has 0 saturated carbocycles. The Kier molecular flexibility index (Phi) is 4.77. The number of amides is 1. The monoisotopic (exact) mass is 281 g/mol. The molecule has 0 unspecified atom stereocenters. The average Bonchev–Trinajstić information content (AvgIpc) is 2.50. The molecule has 0 spiro atoms. The molecule has 0 atom stereocenters. The van der Waals surface area contributed by atoms with Crippen LogP contribution in [0.2, 0.25) is 0 Å². The number of anilines is 1. The van der Waals surface area contributed by atoms with E-state index in [-0.39, 0.29) is 5.91 Å². The zero-order chi connectivity index (χ0) is 15.2. The van der Waals surface area contributed by atoms with Crippen LogP contribution in [0.1, 0.15) is 16.7 Å². The molecular formula is C18H19NO2. The van der Waals surface area contributed by atoms with Crippen LogP contribution in [0.15, 0.2) is 48.5 Å². The van der Waals surface area contributed by atoms with Crippen LogP contribution in [0.25, 0.3) is 6.08 Å². The van der Waals surface area contributed by atoms with Crippen LogP contribution in [-0.4, -0.2) is 13.0 Å². The van der Waals surface area contributed by atoms with E-state index in [9.17, 15) is 4.79 Å². The van der Waals surface area contributed by atoms with Gasteiger partial charge in [-0.05, 0) is 43.2 Å². The number of para-hydroxylation sites is 1. The van der Waals surface area contributed by atoms with Crippen LogP contribution in [-0.2, 0) is 4.79 Å². The van der Waals surface area contributed by atoms with Crippen molar-refractivity contribution in [1.82, 2.24) is 0 Å². The fraction of sp³-hybridized carbons (Fsp3) is 0.167. The zero-order valence-corrected chi connectivity index (χ0v) is 12.5. The number of hydrogen-bond donors (Lipinski definition) is 1. The molecule has 0 heterocycles. The van der Waals surface area contributed by atoms with Gasteiger partial charge in [-0.1, -0.05) is 30.3 Å². The van der Waals surface area contributed by atoms with E-state index in [1.54, 1.807) is 13.2 Å². The number of aryl methyl sites for hydroxylation is 1. The van der Waals surface area contributed by atoms with Crippen LogP contribution >= 0.6 is 0 Å². The Hall–Kier alpha value is -2.55. The van der Waals surface area contributed by atoms with Gasteiger partial charge < -0.3 is 10.1 Å². The quantitative estimate of drug-likeness (QED) is 0.861. The van der Waals surface area contributed by atoms with Crippen molar-refractivity contribution in [2.24, 2.45) is 0 Å². The van der Waals surface area contributed by atoms with Gasteiger partial charge in [0.05, 0.1) is 7.11 Å². The summed E-state index contributed by atoms with van der Waals surface area (Å²) in [5, 5.41) is 2.89. The lowest BCUT2D eigenvalue weighted by Crippen LogP contribution is -2.09. The molecule has 0 aromatic heterocycles. The van der Waals surface area contributed by atoms with Crippen LogP contribution < -0.4 is 10.1 Å². The smallest absolute Gasteiger partial charge is 0.248 e. The maximum atomic E-state index is 12.0. The number of methoxy groups -OCH3 is 1. The van der Waals surface area contributed by atoms with Gasteiger partial charge in [-0.3, -0.25) is 4.79 Å². The minimum atomic E-state index is -0.158. The fourth-order valence-corrected chi connectivity index (χ4v) is 2.03. The van der Waals surface area contributed by atoms with Gasteiger partial charge in [-0.15, -0.1) is 0 Å². The summed E-state index contributed by atoms with van der Waals surface area (Å²) in [6.07, 6.45) is 3.26. The van der Waals surface area contributed by atoms with Crippen molar-refractivity contribution < 1.29 is 9.53 Å². The van der Waals surface area contributed by atoms with Crippen molar-refractivity contribution in [2.75, 3.05) is 12.4 Å². The molecule has 2 aromatic carbocycles. The maximum Gasteiger partial charge on any atom is 0.248 e. The third kappa shape index (κ3) is 3.72. The molecule has 3 heteroatoms. The van der Waals surface area contributed by atoms with Gasteiger partial charge in [-0.25, -0.2) is 0 Å². The fourth-order valence-electron chi connectivity index (χ4n) is 2.03. The van der Waals surface area contributed by atoms with E-state index < -0.39 is 0 Å².